The first-order valence-electron chi connectivity index (χ1n) is 9.96. The predicted octanol–water partition coefficient (Wildman–Crippen LogP) is 4.40. The molecule has 0 bridgehead atoms. The molecule has 7 nitrogen and oxygen atoms in total. The second-order valence-electron chi connectivity index (χ2n) is 7.06. The summed E-state index contributed by atoms with van der Waals surface area (Å²) < 4.78 is 34.9. The Hall–Kier alpha value is -2.88. The topological polar surface area (TPSA) is 69.3 Å². The summed E-state index contributed by atoms with van der Waals surface area (Å²) in [6, 6.07) is 8.90. The molecule has 0 aromatic heterocycles. The van der Waals surface area contributed by atoms with E-state index in [2.05, 4.69) is 5.32 Å². The summed E-state index contributed by atoms with van der Waals surface area (Å²) in [5.41, 5.74) is 2.06. The Morgan fingerprint density at radius 3 is 2.48 bits per heavy atom. The molecule has 0 spiro atoms. The lowest BCUT2D eigenvalue weighted by atomic mass is 9.94. The van der Waals surface area contributed by atoms with Crippen LogP contribution in [0.15, 0.2) is 47.7 Å². The van der Waals surface area contributed by atoms with Crippen molar-refractivity contribution >= 4 is 40.6 Å². The normalized spacial score (nSPS) is 15.9. The van der Waals surface area contributed by atoms with Crippen molar-refractivity contribution in [1.82, 2.24) is 5.32 Å². The molecule has 3 rings (SSSR count). The summed E-state index contributed by atoms with van der Waals surface area (Å²) >= 11 is 11.6. The van der Waals surface area contributed by atoms with Gasteiger partial charge in [0.1, 0.15) is 12.4 Å². The lowest BCUT2D eigenvalue weighted by Gasteiger charge is -2.37. The summed E-state index contributed by atoms with van der Waals surface area (Å²) in [6.07, 6.45) is 0. The Balaban J connectivity index is 2.11. The van der Waals surface area contributed by atoms with E-state index in [4.69, 9.17) is 42.8 Å². The number of carbonyl (C=O) groups excluding carboxylic acids is 1. The van der Waals surface area contributed by atoms with Gasteiger partial charge in [-0.3, -0.25) is 4.90 Å². The van der Waals surface area contributed by atoms with Crippen LogP contribution in [0.2, 0.25) is 5.02 Å². The minimum atomic E-state index is -0.625. The molecule has 10 heteroatoms. The summed E-state index contributed by atoms with van der Waals surface area (Å²) in [6.45, 7) is 2.07. The number of anilines is 1. The molecule has 2 aromatic carbocycles. The van der Waals surface area contributed by atoms with Gasteiger partial charge in [0.25, 0.3) is 0 Å². The second kappa shape index (κ2) is 10.8. The van der Waals surface area contributed by atoms with Gasteiger partial charge in [0.15, 0.2) is 16.6 Å². The fourth-order valence-electron chi connectivity index (χ4n) is 3.52. The quantitative estimate of drug-likeness (QED) is 0.329. The lowest BCUT2D eigenvalue weighted by Crippen LogP contribution is -2.48. The Kier molecular flexibility index (Phi) is 8.12. The van der Waals surface area contributed by atoms with Gasteiger partial charge in [-0.05, 0) is 55.0 Å². The number of nitrogens with zero attached hydrogens (tertiary/aromatic N) is 1. The van der Waals surface area contributed by atoms with E-state index in [1.165, 1.54) is 32.4 Å². The van der Waals surface area contributed by atoms with Crippen molar-refractivity contribution in [3.63, 3.8) is 0 Å². The number of carbonyl (C=O) groups is 1. The Morgan fingerprint density at radius 2 is 1.85 bits per heavy atom. The van der Waals surface area contributed by atoms with E-state index in [0.29, 0.717) is 39.1 Å². The van der Waals surface area contributed by atoms with Crippen LogP contribution in [0.25, 0.3) is 0 Å². The van der Waals surface area contributed by atoms with E-state index in [1.54, 1.807) is 31.1 Å². The van der Waals surface area contributed by atoms with Crippen molar-refractivity contribution in [2.45, 2.75) is 13.0 Å². The first-order chi connectivity index (χ1) is 15.8. The van der Waals surface area contributed by atoms with E-state index in [-0.39, 0.29) is 18.2 Å². The van der Waals surface area contributed by atoms with Gasteiger partial charge in [0.05, 0.1) is 37.5 Å². The minimum absolute atomic E-state index is 0.0608. The second-order valence-corrected chi connectivity index (χ2v) is 7.85. The molecule has 0 radical (unpaired) electrons. The fraction of sp³-hybridized carbons (Fsp3) is 0.304. The zero-order valence-electron chi connectivity index (χ0n) is 18.6. The molecule has 1 N–H and O–H groups in total. The molecule has 1 aliphatic rings. The molecule has 1 aliphatic heterocycles. The van der Waals surface area contributed by atoms with E-state index in [9.17, 15) is 9.18 Å². The number of methoxy groups -OCH3 is 3. The largest absolute Gasteiger partial charge is 0.493 e. The van der Waals surface area contributed by atoms with Crippen LogP contribution in [-0.4, -0.2) is 45.6 Å². The van der Waals surface area contributed by atoms with Gasteiger partial charge < -0.3 is 24.3 Å². The number of nitrogens with one attached hydrogen (secondary N) is 1. The first kappa shape index (κ1) is 24.8. The number of thiocarbonyl (C=S) groups is 1. The SMILES string of the molecule is COCCOC(=O)C1=C(C)N(c2ccc(F)c(Cl)c2)C(=S)NC1c1ccc(OC)c(OC)c1. The number of rotatable bonds is 8. The van der Waals surface area contributed by atoms with Crippen LogP contribution >= 0.6 is 23.8 Å². The van der Waals surface area contributed by atoms with Crippen molar-refractivity contribution in [3.05, 3.63) is 64.1 Å². The third kappa shape index (κ3) is 5.21. The van der Waals surface area contributed by atoms with Gasteiger partial charge >= 0.3 is 5.97 Å². The van der Waals surface area contributed by atoms with Gasteiger partial charge in [-0.15, -0.1) is 0 Å². The Bertz CT molecular complexity index is 1090. The highest BCUT2D eigenvalue weighted by Gasteiger charge is 2.36. The molecule has 0 saturated carbocycles. The maximum absolute atomic E-state index is 13.7. The van der Waals surface area contributed by atoms with Crippen molar-refractivity contribution < 1.29 is 28.1 Å². The smallest absolute Gasteiger partial charge is 0.338 e. The number of benzene rings is 2. The molecule has 176 valence electrons. The third-order valence-electron chi connectivity index (χ3n) is 5.13. The molecule has 2 aromatic rings. The molecule has 33 heavy (non-hydrogen) atoms. The summed E-state index contributed by atoms with van der Waals surface area (Å²) in [5, 5.41) is 3.44. The maximum Gasteiger partial charge on any atom is 0.338 e. The maximum atomic E-state index is 13.7. The van der Waals surface area contributed by atoms with Gasteiger partial charge in [0.2, 0.25) is 0 Å². The van der Waals surface area contributed by atoms with Gasteiger partial charge in [-0.25, -0.2) is 9.18 Å². The molecule has 0 fully saturated rings. The van der Waals surface area contributed by atoms with Crippen LogP contribution in [0.3, 0.4) is 0 Å². The van der Waals surface area contributed by atoms with Crippen LogP contribution in [-0.2, 0) is 14.3 Å². The summed E-state index contributed by atoms with van der Waals surface area (Å²) in [4.78, 5) is 14.8. The molecular formula is C23H24ClFN2O5S. The van der Waals surface area contributed by atoms with Crippen molar-refractivity contribution in [3.8, 4) is 11.5 Å². The number of ether oxygens (including phenoxy) is 4. The third-order valence-corrected chi connectivity index (χ3v) is 5.72. The van der Waals surface area contributed by atoms with Crippen LogP contribution in [0.1, 0.15) is 18.5 Å². The van der Waals surface area contributed by atoms with Crippen LogP contribution in [0.4, 0.5) is 10.1 Å². The first-order valence-corrected chi connectivity index (χ1v) is 10.7. The minimum Gasteiger partial charge on any atom is -0.493 e. The number of allylic oxidation sites excluding steroid dienone is 1. The van der Waals surface area contributed by atoms with Crippen molar-refractivity contribution in [2.75, 3.05) is 39.4 Å². The Morgan fingerprint density at radius 1 is 1.12 bits per heavy atom. The molecule has 0 aliphatic carbocycles. The van der Waals surface area contributed by atoms with E-state index < -0.39 is 17.8 Å². The van der Waals surface area contributed by atoms with Gasteiger partial charge in [-0.2, -0.15) is 0 Å². The zero-order chi connectivity index (χ0) is 24.1. The Labute approximate surface area is 202 Å². The molecule has 0 saturated heterocycles. The highest BCUT2D eigenvalue weighted by atomic mass is 35.5. The lowest BCUT2D eigenvalue weighted by molar-refractivity contribution is -0.140. The molecule has 1 heterocycles. The fourth-order valence-corrected chi connectivity index (χ4v) is 4.06. The predicted molar refractivity (Wildman–Crippen MR) is 127 cm³/mol. The van der Waals surface area contributed by atoms with Crippen molar-refractivity contribution in [1.29, 1.82) is 0 Å². The number of esters is 1. The molecule has 1 atom stereocenters. The van der Waals surface area contributed by atoms with E-state index in [1.807, 2.05) is 6.07 Å². The number of hydrogen-bond donors (Lipinski definition) is 1. The average Bonchev–Trinajstić information content (AvgIpc) is 2.80. The highest BCUT2D eigenvalue weighted by Crippen LogP contribution is 2.38. The molecular weight excluding hydrogens is 471 g/mol. The van der Waals surface area contributed by atoms with E-state index in [0.717, 1.165) is 0 Å². The number of halogens is 2. The van der Waals surface area contributed by atoms with Gasteiger partial charge in [-0.1, -0.05) is 17.7 Å². The van der Waals surface area contributed by atoms with Crippen molar-refractivity contribution in [2.24, 2.45) is 0 Å². The summed E-state index contributed by atoms with van der Waals surface area (Å²) in [5.74, 6) is -0.0507. The standard InChI is InChI=1S/C23H24ClFN2O5S/c1-13-20(22(28)32-10-9-29-2)21(14-5-8-18(30-3)19(11-14)31-4)26-23(33)27(13)15-6-7-17(25)16(24)12-15/h5-8,11-12,21H,9-10H2,1-4H3,(H,26,33). The monoisotopic (exact) mass is 494 g/mol. The van der Waals surface area contributed by atoms with Crippen LogP contribution in [0.5, 0.6) is 11.5 Å². The zero-order valence-corrected chi connectivity index (χ0v) is 20.2. The van der Waals surface area contributed by atoms with Crippen LogP contribution < -0.4 is 19.7 Å². The highest BCUT2D eigenvalue weighted by molar-refractivity contribution is 7.80. The average molecular weight is 495 g/mol. The summed E-state index contributed by atoms with van der Waals surface area (Å²) in [7, 11) is 4.59. The molecule has 1 unspecified atom stereocenters. The number of hydrogen-bond acceptors (Lipinski definition) is 6. The van der Waals surface area contributed by atoms with Crippen LogP contribution in [0, 0.1) is 5.82 Å². The van der Waals surface area contributed by atoms with Gasteiger partial charge in [0, 0.05) is 18.5 Å². The molecule has 0 amide bonds. The van der Waals surface area contributed by atoms with E-state index >= 15 is 0 Å².